The van der Waals surface area contributed by atoms with E-state index in [0.717, 1.165) is 0 Å². The fraction of sp³-hybridized carbons (Fsp3) is 0.750. The zero-order valence-electron chi connectivity index (χ0n) is 11.3. The summed E-state index contributed by atoms with van der Waals surface area (Å²) in [7, 11) is -1.72. The van der Waals surface area contributed by atoms with Crippen molar-refractivity contribution < 1.29 is 18.7 Å². The van der Waals surface area contributed by atoms with E-state index >= 15 is 0 Å². The molecule has 0 aromatic carbocycles. The lowest BCUT2D eigenvalue weighted by atomic mass is 9.98. The van der Waals surface area contributed by atoms with E-state index < -0.39 is 8.32 Å². The van der Waals surface area contributed by atoms with Gasteiger partial charge in [0, 0.05) is 6.61 Å². The lowest BCUT2D eigenvalue weighted by Crippen LogP contribution is -2.34. The predicted molar refractivity (Wildman–Crippen MR) is 67.8 cm³/mol. The minimum atomic E-state index is -1.72. The molecule has 0 saturated carbocycles. The SMILES string of the molecule is CCOC(C)C1CC=C(O[Si](C)(C)C)OC1=O. The molecule has 0 aromatic rings. The summed E-state index contributed by atoms with van der Waals surface area (Å²) in [5.41, 5.74) is 0. The summed E-state index contributed by atoms with van der Waals surface area (Å²) in [5, 5.41) is 0. The third-order valence-corrected chi connectivity index (χ3v) is 3.26. The Morgan fingerprint density at radius 2 is 2.18 bits per heavy atom. The van der Waals surface area contributed by atoms with E-state index in [1.807, 2.05) is 19.9 Å². The molecule has 0 bridgehead atoms. The smallest absolute Gasteiger partial charge is 0.319 e. The van der Waals surface area contributed by atoms with Gasteiger partial charge in [-0.25, -0.2) is 0 Å². The molecule has 0 saturated heterocycles. The van der Waals surface area contributed by atoms with Crippen LogP contribution in [0.1, 0.15) is 20.3 Å². The van der Waals surface area contributed by atoms with Gasteiger partial charge < -0.3 is 13.9 Å². The summed E-state index contributed by atoms with van der Waals surface area (Å²) >= 11 is 0. The fourth-order valence-corrected chi connectivity index (χ4v) is 2.39. The Kier molecular flexibility index (Phi) is 4.77. The van der Waals surface area contributed by atoms with Crippen LogP contribution in [-0.4, -0.2) is 27.0 Å². The van der Waals surface area contributed by atoms with Gasteiger partial charge in [0.25, 0.3) is 5.95 Å². The molecule has 5 heteroatoms. The number of ether oxygens (including phenoxy) is 2. The molecule has 1 heterocycles. The number of carbonyl (C=O) groups is 1. The van der Waals surface area contributed by atoms with E-state index in [0.29, 0.717) is 19.0 Å². The van der Waals surface area contributed by atoms with Crippen molar-refractivity contribution in [1.82, 2.24) is 0 Å². The Balaban J connectivity index is 2.60. The molecule has 0 aromatic heterocycles. The number of allylic oxidation sites excluding steroid dienone is 1. The van der Waals surface area contributed by atoms with E-state index in [9.17, 15) is 4.79 Å². The van der Waals surface area contributed by atoms with Crippen LogP contribution in [0.3, 0.4) is 0 Å². The summed E-state index contributed by atoms with van der Waals surface area (Å²) in [6.07, 6.45) is 2.36. The van der Waals surface area contributed by atoms with Crippen molar-refractivity contribution in [3.63, 3.8) is 0 Å². The van der Waals surface area contributed by atoms with Crippen molar-refractivity contribution in [2.24, 2.45) is 5.92 Å². The first-order valence-corrected chi connectivity index (χ1v) is 9.46. The number of hydrogen-bond donors (Lipinski definition) is 0. The number of esters is 1. The van der Waals surface area contributed by atoms with Crippen LogP contribution in [0.15, 0.2) is 12.0 Å². The molecule has 0 fully saturated rings. The van der Waals surface area contributed by atoms with Crippen LogP contribution < -0.4 is 0 Å². The Hall–Kier alpha value is -0.813. The van der Waals surface area contributed by atoms with E-state index in [2.05, 4.69) is 19.6 Å². The monoisotopic (exact) mass is 258 g/mol. The number of rotatable bonds is 5. The number of cyclic esters (lactones) is 1. The van der Waals surface area contributed by atoms with Gasteiger partial charge in [-0.05, 0) is 46.0 Å². The summed E-state index contributed by atoms with van der Waals surface area (Å²) < 4.78 is 16.3. The average Bonchev–Trinajstić information content (AvgIpc) is 2.15. The third kappa shape index (κ3) is 4.51. The highest BCUT2D eigenvalue weighted by molar-refractivity contribution is 6.70. The van der Waals surface area contributed by atoms with E-state index in [1.54, 1.807) is 0 Å². The van der Waals surface area contributed by atoms with Crippen molar-refractivity contribution in [3.8, 4) is 0 Å². The molecule has 2 unspecified atom stereocenters. The van der Waals surface area contributed by atoms with Gasteiger partial charge in [-0.15, -0.1) is 0 Å². The summed E-state index contributed by atoms with van der Waals surface area (Å²) in [5.74, 6) is -0.0975. The highest BCUT2D eigenvalue weighted by Crippen LogP contribution is 2.25. The van der Waals surface area contributed by atoms with Crippen LogP contribution in [0.2, 0.25) is 19.6 Å². The zero-order valence-corrected chi connectivity index (χ0v) is 12.3. The molecule has 17 heavy (non-hydrogen) atoms. The molecule has 98 valence electrons. The van der Waals surface area contributed by atoms with Crippen molar-refractivity contribution in [2.75, 3.05) is 6.61 Å². The molecule has 0 aliphatic carbocycles. The second-order valence-electron chi connectivity index (χ2n) is 5.16. The first-order valence-electron chi connectivity index (χ1n) is 6.06. The average molecular weight is 258 g/mol. The molecular formula is C12H22O4Si. The van der Waals surface area contributed by atoms with Gasteiger partial charge in [-0.2, -0.15) is 0 Å². The first kappa shape index (κ1) is 14.2. The van der Waals surface area contributed by atoms with Crippen LogP contribution >= 0.6 is 0 Å². The predicted octanol–water partition coefficient (Wildman–Crippen LogP) is 2.67. The Morgan fingerprint density at radius 1 is 1.53 bits per heavy atom. The maximum Gasteiger partial charge on any atom is 0.319 e. The fourth-order valence-electron chi connectivity index (χ4n) is 1.66. The first-order chi connectivity index (χ1) is 7.83. The van der Waals surface area contributed by atoms with E-state index in [1.165, 1.54) is 0 Å². The second kappa shape index (κ2) is 5.69. The lowest BCUT2D eigenvalue weighted by molar-refractivity contribution is -0.154. The van der Waals surface area contributed by atoms with E-state index in [4.69, 9.17) is 13.9 Å². The number of hydrogen-bond acceptors (Lipinski definition) is 4. The third-order valence-electron chi connectivity index (χ3n) is 2.45. The highest BCUT2D eigenvalue weighted by Gasteiger charge is 2.32. The molecule has 0 N–H and O–H groups in total. The van der Waals surface area contributed by atoms with Crippen molar-refractivity contribution in [1.29, 1.82) is 0 Å². The van der Waals surface area contributed by atoms with Gasteiger partial charge in [0.1, 0.15) is 0 Å². The van der Waals surface area contributed by atoms with Crippen LogP contribution in [0.4, 0.5) is 0 Å². The number of carbonyl (C=O) groups excluding carboxylic acids is 1. The molecule has 1 aliphatic rings. The van der Waals surface area contributed by atoms with Crippen molar-refractivity contribution >= 4 is 14.3 Å². The van der Waals surface area contributed by atoms with Crippen molar-refractivity contribution in [3.05, 3.63) is 12.0 Å². The largest absolute Gasteiger partial charge is 0.520 e. The highest BCUT2D eigenvalue weighted by atomic mass is 28.4. The van der Waals surface area contributed by atoms with Crippen LogP contribution in [0.25, 0.3) is 0 Å². The Morgan fingerprint density at radius 3 is 2.65 bits per heavy atom. The van der Waals surface area contributed by atoms with Crippen LogP contribution in [0.5, 0.6) is 0 Å². The van der Waals surface area contributed by atoms with Crippen LogP contribution in [-0.2, 0) is 18.7 Å². The Bertz CT molecular complexity index is 306. The van der Waals surface area contributed by atoms with Crippen molar-refractivity contribution in [2.45, 2.75) is 46.0 Å². The standard InChI is InChI=1S/C12H22O4Si/c1-6-14-9(2)10-7-8-11(15-12(10)13)16-17(3,4)5/h8-10H,6-7H2,1-5H3. The summed E-state index contributed by atoms with van der Waals surface area (Å²) in [6.45, 7) is 10.6. The zero-order chi connectivity index (χ0) is 13.1. The minimum absolute atomic E-state index is 0.114. The molecule has 2 atom stereocenters. The second-order valence-corrected chi connectivity index (χ2v) is 9.59. The summed E-state index contributed by atoms with van der Waals surface area (Å²) in [6, 6.07) is 0. The quantitative estimate of drug-likeness (QED) is 0.562. The van der Waals surface area contributed by atoms with Crippen LogP contribution in [0, 0.1) is 5.92 Å². The normalized spacial score (nSPS) is 22.8. The summed E-state index contributed by atoms with van der Waals surface area (Å²) in [4.78, 5) is 11.8. The topological polar surface area (TPSA) is 44.8 Å². The molecule has 1 rings (SSSR count). The van der Waals surface area contributed by atoms with Gasteiger partial charge in [-0.1, -0.05) is 0 Å². The van der Waals surface area contributed by atoms with Gasteiger partial charge in [-0.3, -0.25) is 4.79 Å². The lowest BCUT2D eigenvalue weighted by Gasteiger charge is -2.28. The van der Waals surface area contributed by atoms with Gasteiger partial charge in [0.2, 0.25) is 8.32 Å². The molecule has 1 aliphatic heterocycles. The maximum atomic E-state index is 11.8. The maximum absolute atomic E-state index is 11.8. The minimum Gasteiger partial charge on any atom is -0.520 e. The Labute approximate surface area is 104 Å². The molecular weight excluding hydrogens is 236 g/mol. The molecule has 0 radical (unpaired) electrons. The van der Waals surface area contributed by atoms with Gasteiger partial charge >= 0.3 is 5.97 Å². The molecule has 0 amide bonds. The van der Waals surface area contributed by atoms with E-state index in [-0.39, 0.29) is 18.0 Å². The van der Waals surface area contributed by atoms with Gasteiger partial charge in [0.05, 0.1) is 12.0 Å². The van der Waals surface area contributed by atoms with Gasteiger partial charge in [0.15, 0.2) is 0 Å². The molecule has 4 nitrogen and oxygen atoms in total. The molecule has 0 spiro atoms.